The summed E-state index contributed by atoms with van der Waals surface area (Å²) < 4.78 is 0. The molecule has 0 fully saturated rings. The molecule has 3 nitrogen and oxygen atoms in total. The largest absolute Gasteiger partial charge is 0.303 e. The van der Waals surface area contributed by atoms with Crippen molar-refractivity contribution < 1.29 is 0 Å². The van der Waals surface area contributed by atoms with Gasteiger partial charge in [0.05, 0.1) is 6.07 Å². The molecule has 1 unspecified atom stereocenters. The Morgan fingerprint density at radius 2 is 1.48 bits per heavy atom. The maximum absolute atomic E-state index is 9.53. The molecular weight excluding hydrogens is 258 g/mol. The summed E-state index contributed by atoms with van der Waals surface area (Å²) in [6.45, 7) is 13.3. The lowest BCUT2D eigenvalue weighted by molar-refractivity contribution is 0.246. The van der Waals surface area contributed by atoms with Crippen LogP contribution in [0.2, 0.25) is 0 Å². The number of hydrogen-bond acceptors (Lipinski definition) is 3. The van der Waals surface area contributed by atoms with E-state index < -0.39 is 0 Å². The van der Waals surface area contributed by atoms with Crippen LogP contribution >= 0.6 is 0 Å². The zero-order chi connectivity index (χ0) is 16.0. The second-order valence-electron chi connectivity index (χ2n) is 6.13. The molecule has 0 rings (SSSR count). The molecule has 0 spiro atoms. The molecule has 21 heavy (non-hydrogen) atoms. The molecule has 1 atom stereocenters. The fourth-order valence-corrected chi connectivity index (χ4v) is 2.63. The normalized spacial score (nSPS) is 14.1. The molecule has 124 valence electrons. The van der Waals surface area contributed by atoms with Gasteiger partial charge in [-0.2, -0.15) is 5.26 Å². The molecule has 0 saturated carbocycles. The van der Waals surface area contributed by atoms with Crippen LogP contribution in [0.15, 0.2) is 0 Å². The summed E-state index contributed by atoms with van der Waals surface area (Å²) in [6.07, 6.45) is 9.16. The number of nitrogens with one attached hydrogen (secondary N) is 1. The van der Waals surface area contributed by atoms with E-state index in [0.29, 0.717) is 0 Å². The summed E-state index contributed by atoms with van der Waals surface area (Å²) in [5, 5.41) is 13.0. The first-order chi connectivity index (χ1) is 10.2. The summed E-state index contributed by atoms with van der Waals surface area (Å²) in [6, 6.07) is 2.53. The van der Waals surface area contributed by atoms with E-state index in [1.807, 2.05) is 0 Å². The smallest absolute Gasteiger partial charge is 0.106 e. The Morgan fingerprint density at radius 1 is 0.905 bits per heavy atom. The maximum Gasteiger partial charge on any atom is 0.106 e. The average Bonchev–Trinajstić information content (AvgIpc) is 2.53. The lowest BCUT2D eigenvalue weighted by Crippen LogP contribution is -2.44. The molecule has 0 radical (unpaired) electrons. The molecule has 3 heteroatoms. The van der Waals surface area contributed by atoms with Crippen LogP contribution in [-0.2, 0) is 0 Å². The highest BCUT2D eigenvalue weighted by molar-refractivity contribution is 5.06. The molecule has 0 aromatic rings. The molecule has 0 amide bonds. The molecule has 0 aliphatic rings. The third-order valence-corrected chi connectivity index (χ3v) is 4.26. The highest BCUT2D eigenvalue weighted by atomic mass is 15.1. The predicted molar refractivity (Wildman–Crippen MR) is 92.4 cm³/mol. The predicted octanol–water partition coefficient (Wildman–Crippen LogP) is 4.34. The van der Waals surface area contributed by atoms with Gasteiger partial charge in [-0.15, -0.1) is 0 Å². The second kappa shape index (κ2) is 13.1. The van der Waals surface area contributed by atoms with Crippen molar-refractivity contribution in [2.45, 2.75) is 84.6 Å². The van der Waals surface area contributed by atoms with Gasteiger partial charge < -0.3 is 4.90 Å². The zero-order valence-electron chi connectivity index (χ0n) is 14.9. The Bertz CT molecular complexity index is 264. The van der Waals surface area contributed by atoms with Crippen molar-refractivity contribution in [2.75, 3.05) is 26.2 Å². The van der Waals surface area contributed by atoms with E-state index in [2.05, 4.69) is 44.0 Å². The van der Waals surface area contributed by atoms with E-state index in [9.17, 15) is 5.26 Å². The van der Waals surface area contributed by atoms with Gasteiger partial charge in [-0.05, 0) is 64.7 Å². The number of rotatable bonds is 14. The highest BCUT2D eigenvalue weighted by Crippen LogP contribution is 2.17. The van der Waals surface area contributed by atoms with Crippen molar-refractivity contribution in [3.8, 4) is 6.07 Å². The van der Waals surface area contributed by atoms with Gasteiger partial charge in [-0.1, -0.05) is 40.5 Å². The van der Waals surface area contributed by atoms with E-state index in [4.69, 9.17) is 0 Å². The Kier molecular flexibility index (Phi) is 12.7. The SMILES string of the molecule is CCCCN(CCCC)CCCC(C#N)(CC)NCCC. The van der Waals surface area contributed by atoms with Crippen LogP contribution in [0.5, 0.6) is 0 Å². The van der Waals surface area contributed by atoms with Gasteiger partial charge >= 0.3 is 0 Å². The summed E-state index contributed by atoms with van der Waals surface area (Å²) in [7, 11) is 0. The van der Waals surface area contributed by atoms with Crippen LogP contribution in [0.1, 0.15) is 79.1 Å². The van der Waals surface area contributed by atoms with Gasteiger partial charge in [0, 0.05) is 0 Å². The number of nitriles is 1. The summed E-state index contributed by atoms with van der Waals surface area (Å²) >= 11 is 0. The van der Waals surface area contributed by atoms with Crippen LogP contribution in [0.4, 0.5) is 0 Å². The monoisotopic (exact) mass is 295 g/mol. The lowest BCUT2D eigenvalue weighted by atomic mass is 9.91. The van der Waals surface area contributed by atoms with Gasteiger partial charge in [0.2, 0.25) is 0 Å². The van der Waals surface area contributed by atoms with Crippen molar-refractivity contribution in [3.05, 3.63) is 0 Å². The standard InChI is InChI=1S/C18H37N3/c1-5-9-14-21(15-10-6-2)16-11-12-18(8-4,17-19)20-13-7-3/h20H,5-16H2,1-4H3. The minimum Gasteiger partial charge on any atom is -0.303 e. The molecule has 0 heterocycles. The minimum absolute atomic E-state index is 0.308. The van der Waals surface area contributed by atoms with Gasteiger partial charge in [0.15, 0.2) is 0 Å². The molecular formula is C18H37N3. The third kappa shape index (κ3) is 9.11. The molecule has 0 saturated heterocycles. The van der Waals surface area contributed by atoms with Crippen molar-refractivity contribution >= 4 is 0 Å². The summed E-state index contributed by atoms with van der Waals surface area (Å²) in [4.78, 5) is 2.59. The van der Waals surface area contributed by atoms with E-state index in [1.54, 1.807) is 0 Å². The van der Waals surface area contributed by atoms with Crippen molar-refractivity contribution in [1.29, 1.82) is 5.26 Å². The first kappa shape index (κ1) is 20.4. The topological polar surface area (TPSA) is 39.1 Å². The Morgan fingerprint density at radius 3 is 1.90 bits per heavy atom. The van der Waals surface area contributed by atoms with Crippen LogP contribution in [0, 0.1) is 11.3 Å². The third-order valence-electron chi connectivity index (χ3n) is 4.26. The first-order valence-corrected chi connectivity index (χ1v) is 9.06. The number of nitrogens with zero attached hydrogens (tertiary/aromatic N) is 2. The van der Waals surface area contributed by atoms with Crippen LogP contribution < -0.4 is 5.32 Å². The van der Waals surface area contributed by atoms with Crippen molar-refractivity contribution in [1.82, 2.24) is 10.2 Å². The van der Waals surface area contributed by atoms with Gasteiger partial charge in [0.1, 0.15) is 5.54 Å². The molecule has 1 N–H and O–H groups in total. The van der Waals surface area contributed by atoms with E-state index in [1.165, 1.54) is 38.8 Å². The average molecular weight is 296 g/mol. The molecule has 0 aromatic heterocycles. The fourth-order valence-electron chi connectivity index (χ4n) is 2.63. The quantitative estimate of drug-likeness (QED) is 0.518. The Hall–Kier alpha value is -0.590. The molecule has 0 aromatic carbocycles. The molecule has 0 aliphatic carbocycles. The summed E-state index contributed by atoms with van der Waals surface area (Å²) in [5.74, 6) is 0. The maximum atomic E-state index is 9.53. The van der Waals surface area contributed by atoms with Crippen LogP contribution in [0.3, 0.4) is 0 Å². The van der Waals surface area contributed by atoms with E-state index in [-0.39, 0.29) is 5.54 Å². The number of unbranched alkanes of at least 4 members (excludes halogenated alkanes) is 2. The van der Waals surface area contributed by atoms with Gasteiger partial charge in [-0.3, -0.25) is 5.32 Å². The lowest BCUT2D eigenvalue weighted by Gasteiger charge is -2.28. The van der Waals surface area contributed by atoms with Crippen LogP contribution in [-0.4, -0.2) is 36.6 Å². The Labute approximate surface area is 133 Å². The first-order valence-electron chi connectivity index (χ1n) is 9.06. The minimum atomic E-state index is -0.308. The van der Waals surface area contributed by atoms with Gasteiger partial charge in [0.25, 0.3) is 0 Å². The van der Waals surface area contributed by atoms with Crippen molar-refractivity contribution in [3.63, 3.8) is 0 Å². The summed E-state index contributed by atoms with van der Waals surface area (Å²) in [5.41, 5.74) is -0.308. The van der Waals surface area contributed by atoms with E-state index >= 15 is 0 Å². The van der Waals surface area contributed by atoms with Crippen molar-refractivity contribution in [2.24, 2.45) is 0 Å². The van der Waals surface area contributed by atoms with Gasteiger partial charge in [-0.25, -0.2) is 0 Å². The molecule has 0 bridgehead atoms. The Balaban J connectivity index is 4.25. The number of hydrogen-bond donors (Lipinski definition) is 1. The fraction of sp³-hybridized carbons (Fsp3) is 0.944. The van der Waals surface area contributed by atoms with Crippen LogP contribution in [0.25, 0.3) is 0 Å². The molecule has 0 aliphatic heterocycles. The second-order valence-corrected chi connectivity index (χ2v) is 6.13. The van der Waals surface area contributed by atoms with E-state index in [0.717, 1.165) is 38.8 Å². The highest BCUT2D eigenvalue weighted by Gasteiger charge is 2.26. The zero-order valence-corrected chi connectivity index (χ0v) is 14.9.